The second kappa shape index (κ2) is 13.3. The van der Waals surface area contributed by atoms with E-state index in [1.807, 2.05) is 19.9 Å². The van der Waals surface area contributed by atoms with Crippen molar-refractivity contribution in [1.82, 2.24) is 10.6 Å². The number of rotatable bonds is 11. The van der Waals surface area contributed by atoms with Crippen molar-refractivity contribution in [1.29, 1.82) is 0 Å². The van der Waals surface area contributed by atoms with Gasteiger partial charge < -0.3 is 62.1 Å². The van der Waals surface area contributed by atoms with Crippen molar-refractivity contribution in [2.24, 2.45) is 17.2 Å². The average molecular weight is 546 g/mol. The molecular weight excluding hydrogens is 498 g/mol. The van der Waals surface area contributed by atoms with Gasteiger partial charge >= 0.3 is 0 Å². The number of amides is 1. The first-order valence-electron chi connectivity index (χ1n) is 13.4. The second-order valence-electron chi connectivity index (χ2n) is 11.6. The smallest absolute Gasteiger partial charge is 0.221 e. The van der Waals surface area contributed by atoms with Crippen LogP contribution in [0.5, 0.6) is 0 Å². The Hall–Kier alpha value is -1.39. The van der Waals surface area contributed by atoms with Gasteiger partial charge in [-0.15, -0.1) is 0 Å². The maximum atomic E-state index is 12.3. The molecule has 38 heavy (non-hydrogen) atoms. The molecule has 1 saturated carbocycles. The minimum absolute atomic E-state index is 0.0323. The van der Waals surface area contributed by atoms with E-state index in [4.69, 9.17) is 36.1 Å². The highest BCUT2D eigenvalue weighted by Gasteiger charge is 2.49. The Morgan fingerprint density at radius 2 is 2.03 bits per heavy atom. The van der Waals surface area contributed by atoms with Gasteiger partial charge in [0.05, 0.1) is 24.8 Å². The van der Waals surface area contributed by atoms with E-state index in [0.717, 1.165) is 12.2 Å². The molecule has 0 spiro atoms. The molecule has 2 heterocycles. The van der Waals surface area contributed by atoms with Crippen molar-refractivity contribution in [2.45, 2.75) is 113 Å². The van der Waals surface area contributed by atoms with E-state index in [2.05, 4.69) is 10.6 Å². The van der Waals surface area contributed by atoms with Crippen LogP contribution in [0.3, 0.4) is 0 Å². The molecule has 0 radical (unpaired) electrons. The van der Waals surface area contributed by atoms with Crippen LogP contribution in [0.15, 0.2) is 11.8 Å². The number of hydrogen-bond acceptors (Lipinski definition) is 12. The van der Waals surface area contributed by atoms with Gasteiger partial charge in [-0.1, -0.05) is 0 Å². The van der Waals surface area contributed by atoms with Gasteiger partial charge in [-0.3, -0.25) is 4.79 Å². The highest BCUT2D eigenvalue weighted by molar-refractivity contribution is 5.76. The van der Waals surface area contributed by atoms with Crippen LogP contribution in [-0.4, -0.2) is 108 Å². The Labute approximate surface area is 224 Å². The fourth-order valence-electron chi connectivity index (χ4n) is 4.96. The van der Waals surface area contributed by atoms with Crippen LogP contribution in [-0.2, 0) is 23.7 Å². The molecule has 1 aliphatic carbocycles. The molecule has 3 rings (SSSR count). The van der Waals surface area contributed by atoms with Gasteiger partial charge in [-0.25, -0.2) is 0 Å². The summed E-state index contributed by atoms with van der Waals surface area (Å²) in [6.07, 6.45) is -2.37. The van der Waals surface area contributed by atoms with Crippen LogP contribution < -0.4 is 27.8 Å². The summed E-state index contributed by atoms with van der Waals surface area (Å²) in [6, 6.07) is -1.32. The molecule has 9 atom stereocenters. The second-order valence-corrected chi connectivity index (χ2v) is 11.6. The third kappa shape index (κ3) is 9.08. The molecule has 11 N–H and O–H groups in total. The molecule has 0 unspecified atom stereocenters. The topological polar surface area (TPSA) is 217 Å². The molecule has 220 valence electrons. The maximum Gasteiger partial charge on any atom is 0.221 e. The van der Waals surface area contributed by atoms with Gasteiger partial charge in [0, 0.05) is 43.9 Å². The van der Waals surface area contributed by atoms with Crippen molar-refractivity contribution in [3.05, 3.63) is 11.8 Å². The SMILES string of the molecule is CC(C)(N)CNCC1=CCC[C@@H](O[C@H]2[C@H](O)[C@@H](O[C@H]3OC[C@](C)(O)C[C@H]3O)[C@H](NC(=O)CCN)C[C@@H]2N)O1. The lowest BCUT2D eigenvalue weighted by Crippen LogP contribution is -2.66. The lowest BCUT2D eigenvalue weighted by Gasteiger charge is -2.47. The number of carbonyl (C=O) groups is 1. The van der Waals surface area contributed by atoms with Gasteiger partial charge in [-0.05, 0) is 39.7 Å². The van der Waals surface area contributed by atoms with E-state index in [1.165, 1.54) is 0 Å². The first-order valence-corrected chi connectivity index (χ1v) is 13.4. The minimum atomic E-state index is -1.27. The number of ether oxygens (including phenoxy) is 4. The summed E-state index contributed by atoms with van der Waals surface area (Å²) in [6.45, 7) is 6.61. The number of hydrogen-bond donors (Lipinski definition) is 8. The molecule has 1 saturated heterocycles. The standard InChI is InChI=1S/C25H47N5O8/c1-24(2,28)12-29-11-14-5-4-6-19(36-14)37-21-15(27)9-16(30-18(32)7-8-26)22(20(21)33)38-23-17(31)10-25(3,34)13-35-23/h5,15-17,19-23,29,31,33-34H,4,6-13,26-28H2,1-3H3,(H,30,32)/t15-,16+,17+,19+,20-,21+,22-,23+,25+/m0/s1. The average Bonchev–Trinajstić information content (AvgIpc) is 2.80. The third-order valence-corrected chi connectivity index (χ3v) is 6.79. The lowest BCUT2D eigenvalue weighted by atomic mass is 9.83. The van der Waals surface area contributed by atoms with Gasteiger partial charge in [0.2, 0.25) is 5.91 Å². The number of nitrogens with one attached hydrogen (secondary N) is 2. The number of aliphatic hydroxyl groups excluding tert-OH is 2. The van der Waals surface area contributed by atoms with Crippen molar-refractivity contribution in [2.75, 3.05) is 26.2 Å². The van der Waals surface area contributed by atoms with Crippen LogP contribution in [0.25, 0.3) is 0 Å². The summed E-state index contributed by atoms with van der Waals surface area (Å²) in [4.78, 5) is 12.3. The third-order valence-electron chi connectivity index (χ3n) is 6.79. The number of carbonyl (C=O) groups excluding carboxylic acids is 1. The predicted molar refractivity (Wildman–Crippen MR) is 138 cm³/mol. The summed E-state index contributed by atoms with van der Waals surface area (Å²) in [5.41, 5.74) is 16.4. The first-order chi connectivity index (χ1) is 17.8. The van der Waals surface area contributed by atoms with Crippen molar-refractivity contribution in [3.8, 4) is 0 Å². The van der Waals surface area contributed by atoms with E-state index in [0.29, 0.717) is 19.5 Å². The summed E-state index contributed by atoms with van der Waals surface area (Å²) < 4.78 is 23.8. The Bertz CT molecular complexity index is 807. The zero-order valence-corrected chi connectivity index (χ0v) is 22.7. The van der Waals surface area contributed by atoms with Crippen molar-refractivity contribution >= 4 is 5.91 Å². The molecule has 0 bridgehead atoms. The number of allylic oxidation sites excluding steroid dienone is 1. The molecule has 13 nitrogen and oxygen atoms in total. The number of aliphatic hydroxyl groups is 3. The van der Waals surface area contributed by atoms with Crippen molar-refractivity contribution < 1.29 is 39.1 Å². The Morgan fingerprint density at radius 3 is 2.68 bits per heavy atom. The van der Waals surface area contributed by atoms with Crippen LogP contribution in [0.2, 0.25) is 0 Å². The normalized spacial score (nSPS) is 38.3. The fraction of sp³-hybridized carbons (Fsp3) is 0.880. The van der Waals surface area contributed by atoms with Gasteiger partial charge in [-0.2, -0.15) is 0 Å². The summed E-state index contributed by atoms with van der Waals surface area (Å²) in [5.74, 6) is 0.409. The van der Waals surface area contributed by atoms with Crippen LogP contribution in [0.4, 0.5) is 0 Å². The molecule has 13 heteroatoms. The van der Waals surface area contributed by atoms with Crippen LogP contribution >= 0.6 is 0 Å². The largest absolute Gasteiger partial charge is 0.468 e. The van der Waals surface area contributed by atoms with E-state index >= 15 is 0 Å². The zero-order chi connectivity index (χ0) is 28.1. The highest BCUT2D eigenvalue weighted by atomic mass is 16.7. The monoisotopic (exact) mass is 545 g/mol. The first kappa shape index (κ1) is 31.1. The minimum Gasteiger partial charge on any atom is -0.468 e. The van der Waals surface area contributed by atoms with E-state index in [1.54, 1.807) is 6.92 Å². The van der Waals surface area contributed by atoms with E-state index in [-0.39, 0.29) is 43.9 Å². The molecule has 2 fully saturated rings. The molecule has 2 aliphatic heterocycles. The Balaban J connectivity index is 1.67. The Morgan fingerprint density at radius 1 is 1.29 bits per heavy atom. The molecular formula is C25H47N5O8. The van der Waals surface area contributed by atoms with Gasteiger partial charge in [0.1, 0.15) is 30.2 Å². The van der Waals surface area contributed by atoms with E-state index in [9.17, 15) is 20.1 Å². The van der Waals surface area contributed by atoms with Crippen molar-refractivity contribution in [3.63, 3.8) is 0 Å². The summed E-state index contributed by atoms with van der Waals surface area (Å²) in [5, 5.41) is 38.2. The van der Waals surface area contributed by atoms with Crippen LogP contribution in [0, 0.1) is 0 Å². The van der Waals surface area contributed by atoms with Gasteiger partial charge in [0.15, 0.2) is 12.6 Å². The van der Waals surface area contributed by atoms with E-state index < -0.39 is 54.7 Å². The predicted octanol–water partition coefficient (Wildman–Crippen LogP) is -2.11. The fourth-order valence-corrected chi connectivity index (χ4v) is 4.96. The number of nitrogens with two attached hydrogens (primary N) is 3. The molecule has 0 aromatic heterocycles. The zero-order valence-electron chi connectivity index (χ0n) is 22.7. The van der Waals surface area contributed by atoms with Crippen LogP contribution in [0.1, 0.15) is 52.9 Å². The molecule has 1 amide bonds. The summed E-state index contributed by atoms with van der Waals surface area (Å²) >= 11 is 0. The Kier molecular flexibility index (Phi) is 10.9. The quantitative estimate of drug-likeness (QED) is 0.140. The molecule has 0 aromatic rings. The van der Waals surface area contributed by atoms with Gasteiger partial charge in [0.25, 0.3) is 0 Å². The molecule has 0 aromatic carbocycles. The highest BCUT2D eigenvalue weighted by Crippen LogP contribution is 2.31. The summed E-state index contributed by atoms with van der Waals surface area (Å²) in [7, 11) is 0. The molecule has 3 aliphatic rings. The lowest BCUT2D eigenvalue weighted by molar-refractivity contribution is -0.297. The maximum absolute atomic E-state index is 12.3.